The zero-order valence-electron chi connectivity index (χ0n) is 56.6. The molecule has 494 valence electrons. The zero-order chi connectivity index (χ0) is 63.4. The molecular formula is C79H112O11. The van der Waals surface area contributed by atoms with Crippen molar-refractivity contribution < 1.29 is 52.6 Å². The van der Waals surface area contributed by atoms with Crippen LogP contribution in [0.15, 0.2) is 91.0 Å². The van der Waals surface area contributed by atoms with Crippen molar-refractivity contribution >= 4 is 17.9 Å². The molecular weight excluding hydrogens is 1120 g/mol. The summed E-state index contributed by atoms with van der Waals surface area (Å²) < 4.78 is 44.3. The average Bonchev–Trinajstić information content (AvgIpc) is 1.18. The van der Waals surface area contributed by atoms with Gasteiger partial charge in [-0.1, -0.05) is 124 Å². The van der Waals surface area contributed by atoms with Crippen molar-refractivity contribution in [3.63, 3.8) is 0 Å². The summed E-state index contributed by atoms with van der Waals surface area (Å²) in [5.74, 6) is 5.27. The summed E-state index contributed by atoms with van der Waals surface area (Å²) in [4.78, 5) is 40.2. The van der Waals surface area contributed by atoms with Gasteiger partial charge < -0.3 is 38.3 Å². The standard InChI is InChI=1S/C43H58O6.C36H54O5/c1-28(2)36(48-39(44)30-12-8-6-9-13-30)19-16-29(3)33-17-18-34-38-35(20-21-42(33,34)5)41(4)22-23-43(46-24-25-47-43)27-32(41)26-37(38)49-40(45)31-14-10-7-11-15-31;1-23(2)30(37)14-11-24(3)27-12-13-28-32-29(15-16-35(27,28)5)34(4)17-18-36(39-19-20-40-36)22-26(34)21-31(32)41-33(38)25-9-7-6-8-10-25/h6-15,28-29,32-38H,16-27H2,1-5H3;6-10,23-24,26-32,37H,11-22H2,1-5H3/t29-,32+,33-,34?,35?,36-,37-,38?,41+,42-;24-,26+,27-,28?,29?,30-,31-,32?,34+,35-/m11/s1. The molecule has 1 N–H and O–H groups in total. The Kier molecular flexibility index (Phi) is 19.5. The topological polar surface area (TPSA) is 136 Å². The molecule has 2 heterocycles. The third-order valence-corrected chi connectivity index (χ3v) is 27.6. The summed E-state index contributed by atoms with van der Waals surface area (Å²) in [6.07, 6.45) is 21.0. The number of aliphatic hydroxyl groups is 1. The number of ether oxygens (including phenoxy) is 7. The van der Waals surface area contributed by atoms with Crippen LogP contribution in [0.3, 0.4) is 0 Å². The molecule has 0 radical (unpaired) electrons. The fourth-order valence-electron chi connectivity index (χ4n) is 22.5. The molecule has 8 aliphatic carbocycles. The Morgan fingerprint density at radius 3 is 1.22 bits per heavy atom. The van der Waals surface area contributed by atoms with Crippen molar-refractivity contribution in [3.8, 4) is 0 Å². The summed E-state index contributed by atoms with van der Waals surface area (Å²) in [6.45, 7) is 26.4. The van der Waals surface area contributed by atoms with Crippen molar-refractivity contribution in [2.24, 2.45) is 105 Å². The number of benzene rings is 3. The van der Waals surface area contributed by atoms with Crippen molar-refractivity contribution in [2.75, 3.05) is 26.4 Å². The molecule has 11 nitrogen and oxygen atoms in total. The van der Waals surface area contributed by atoms with Crippen LogP contribution in [0.2, 0.25) is 0 Å². The van der Waals surface area contributed by atoms with Gasteiger partial charge in [-0.2, -0.15) is 0 Å². The molecule has 2 saturated heterocycles. The molecule has 0 amide bonds. The molecule has 10 fully saturated rings. The van der Waals surface area contributed by atoms with Gasteiger partial charge in [0.2, 0.25) is 0 Å². The summed E-state index contributed by atoms with van der Waals surface area (Å²) in [6, 6.07) is 28.5. The Hall–Kier alpha value is -4.13. The number of aliphatic hydroxyl groups excluding tert-OH is 1. The Morgan fingerprint density at radius 1 is 0.456 bits per heavy atom. The quantitative estimate of drug-likeness (QED) is 0.108. The lowest BCUT2D eigenvalue weighted by atomic mass is 9.43. The van der Waals surface area contributed by atoms with E-state index in [2.05, 4.69) is 69.2 Å². The van der Waals surface area contributed by atoms with E-state index in [0.717, 1.165) is 77.0 Å². The highest BCUT2D eigenvalue weighted by molar-refractivity contribution is 5.90. The highest BCUT2D eigenvalue weighted by atomic mass is 16.7. The molecule has 90 heavy (non-hydrogen) atoms. The fourth-order valence-corrected chi connectivity index (χ4v) is 22.5. The summed E-state index contributed by atoms with van der Waals surface area (Å²) in [5.41, 5.74) is 2.79. The fraction of sp³-hybridized carbons (Fsp3) is 0.734. The van der Waals surface area contributed by atoms with Crippen LogP contribution in [0.5, 0.6) is 0 Å². The van der Waals surface area contributed by atoms with Gasteiger partial charge in [0.1, 0.15) is 18.3 Å². The van der Waals surface area contributed by atoms with E-state index in [4.69, 9.17) is 33.2 Å². The molecule has 6 unspecified atom stereocenters. The van der Waals surface area contributed by atoms with Crippen molar-refractivity contribution in [3.05, 3.63) is 108 Å². The zero-order valence-corrected chi connectivity index (χ0v) is 56.6. The van der Waals surface area contributed by atoms with Crippen LogP contribution < -0.4 is 0 Å². The van der Waals surface area contributed by atoms with Crippen LogP contribution in [-0.4, -0.2) is 85.4 Å². The molecule has 8 saturated carbocycles. The monoisotopic (exact) mass is 1240 g/mol. The lowest BCUT2D eigenvalue weighted by Gasteiger charge is -2.63. The first-order chi connectivity index (χ1) is 43.1. The molecule has 3 aromatic carbocycles. The van der Waals surface area contributed by atoms with Gasteiger partial charge in [0.15, 0.2) is 11.6 Å². The minimum atomic E-state index is -0.453. The van der Waals surface area contributed by atoms with Crippen LogP contribution in [0.1, 0.15) is 229 Å². The number of rotatable bonds is 16. The predicted molar refractivity (Wildman–Crippen MR) is 350 cm³/mol. The minimum Gasteiger partial charge on any atom is -0.459 e. The molecule has 2 spiro atoms. The summed E-state index contributed by atoms with van der Waals surface area (Å²) >= 11 is 0. The third kappa shape index (κ3) is 12.6. The highest BCUT2D eigenvalue weighted by Crippen LogP contribution is 2.72. The molecule has 0 bridgehead atoms. The lowest BCUT2D eigenvalue weighted by molar-refractivity contribution is -0.243. The van der Waals surface area contributed by atoms with Crippen molar-refractivity contribution in [1.29, 1.82) is 0 Å². The molecule has 13 rings (SSSR count). The first-order valence-corrected chi connectivity index (χ1v) is 36.1. The largest absolute Gasteiger partial charge is 0.459 e. The lowest BCUT2D eigenvalue weighted by Crippen LogP contribution is -2.60. The van der Waals surface area contributed by atoms with Crippen LogP contribution >= 0.6 is 0 Å². The van der Waals surface area contributed by atoms with E-state index in [0.29, 0.717) is 120 Å². The van der Waals surface area contributed by atoms with E-state index in [9.17, 15) is 19.5 Å². The molecule has 2 aliphatic heterocycles. The van der Waals surface area contributed by atoms with Gasteiger partial charge in [-0.05, 0) is 232 Å². The second kappa shape index (κ2) is 26.6. The van der Waals surface area contributed by atoms with Crippen molar-refractivity contribution in [1.82, 2.24) is 0 Å². The normalized spacial score (nSPS) is 38.2. The second-order valence-electron chi connectivity index (χ2n) is 32.6. The maximum atomic E-state index is 13.7. The minimum absolute atomic E-state index is 0.0659. The molecule has 3 aromatic rings. The van der Waals surface area contributed by atoms with Crippen LogP contribution in [-0.2, 0) is 33.2 Å². The van der Waals surface area contributed by atoms with Gasteiger partial charge in [0, 0.05) is 37.5 Å². The molecule has 10 aliphatic rings. The van der Waals surface area contributed by atoms with Gasteiger partial charge in [-0.25, -0.2) is 14.4 Å². The number of fused-ring (bicyclic) bond motifs is 10. The number of hydrogen-bond donors (Lipinski definition) is 1. The van der Waals surface area contributed by atoms with Crippen LogP contribution in [0, 0.1) is 105 Å². The maximum absolute atomic E-state index is 13.7. The highest BCUT2D eigenvalue weighted by Gasteiger charge is 2.68. The number of esters is 3. The van der Waals surface area contributed by atoms with Gasteiger partial charge in [0.05, 0.1) is 49.2 Å². The average molecular weight is 1240 g/mol. The SMILES string of the molecule is CC(C)[C@@H](CC[C@@H](C)[C@H]1CCC2C3C(CC[C@@]21C)[C@@]1(C)CCC2(C[C@@H]1C[C@H]3OC(=O)c1ccccc1)OCCO2)OC(=O)c1ccccc1.CC(C)[C@H](O)CC[C@@H](C)[C@H]1CCC2C3C(CC[C@@]21C)[C@@]1(C)CCC2(C[C@@H]1C[C@H]3OC(=O)c1ccccc1)OCCO2. The van der Waals surface area contributed by atoms with Gasteiger partial charge in [-0.3, -0.25) is 0 Å². The van der Waals surface area contributed by atoms with Gasteiger partial charge in [-0.15, -0.1) is 0 Å². The van der Waals surface area contributed by atoms with Crippen molar-refractivity contribution in [2.45, 2.75) is 234 Å². The summed E-state index contributed by atoms with van der Waals surface area (Å²) in [7, 11) is 0. The van der Waals surface area contributed by atoms with E-state index < -0.39 is 11.6 Å². The smallest absolute Gasteiger partial charge is 0.338 e. The first-order valence-electron chi connectivity index (χ1n) is 36.1. The van der Waals surface area contributed by atoms with Gasteiger partial charge >= 0.3 is 17.9 Å². The number of carbonyl (C=O) groups is 3. The number of hydrogen-bond acceptors (Lipinski definition) is 11. The van der Waals surface area contributed by atoms with E-state index in [-0.39, 0.29) is 69.9 Å². The summed E-state index contributed by atoms with van der Waals surface area (Å²) in [5, 5.41) is 10.5. The Balaban J connectivity index is 0.000000177. The first kappa shape index (κ1) is 65.9. The molecule has 20 atom stereocenters. The third-order valence-electron chi connectivity index (χ3n) is 27.6. The Bertz CT molecular complexity index is 2900. The van der Waals surface area contributed by atoms with E-state index >= 15 is 0 Å². The van der Waals surface area contributed by atoms with E-state index in [1.165, 1.54) is 51.4 Å². The Morgan fingerprint density at radius 2 is 0.833 bits per heavy atom. The molecule has 11 heteroatoms. The maximum Gasteiger partial charge on any atom is 0.338 e. The van der Waals surface area contributed by atoms with Crippen LogP contribution in [0.25, 0.3) is 0 Å². The predicted octanol–water partition coefficient (Wildman–Crippen LogP) is 17.2. The number of carbonyl (C=O) groups excluding carboxylic acids is 3. The van der Waals surface area contributed by atoms with E-state index in [1.807, 2.05) is 91.0 Å². The van der Waals surface area contributed by atoms with E-state index in [1.54, 1.807) is 0 Å². The van der Waals surface area contributed by atoms with Crippen LogP contribution in [0.4, 0.5) is 0 Å². The van der Waals surface area contributed by atoms with Gasteiger partial charge in [0.25, 0.3) is 0 Å². The second-order valence-corrected chi connectivity index (χ2v) is 32.6. The molecule has 0 aromatic heterocycles. The Labute approximate surface area is 540 Å².